The van der Waals surface area contributed by atoms with Crippen molar-refractivity contribution in [2.75, 3.05) is 0 Å². The van der Waals surface area contributed by atoms with Gasteiger partial charge >= 0.3 is 5.97 Å². The Labute approximate surface area is 176 Å². The van der Waals surface area contributed by atoms with E-state index < -0.39 is 5.97 Å². The molecule has 4 rings (SSSR count). The number of aryl methyl sites for hydroxylation is 2. The summed E-state index contributed by atoms with van der Waals surface area (Å²) in [4.78, 5) is 11.2. The van der Waals surface area contributed by atoms with Gasteiger partial charge in [0.2, 0.25) is 0 Å². The van der Waals surface area contributed by atoms with Gasteiger partial charge in [-0.1, -0.05) is 42.5 Å². The van der Waals surface area contributed by atoms with Crippen LogP contribution in [0.25, 0.3) is 22.1 Å². The molecule has 4 nitrogen and oxygen atoms in total. The highest BCUT2D eigenvalue weighted by Gasteiger charge is 2.14. The first-order chi connectivity index (χ1) is 14.6. The molecule has 0 atom stereocenters. The molecule has 0 saturated carbocycles. The van der Waals surface area contributed by atoms with Gasteiger partial charge in [-0.3, -0.25) is 4.79 Å². The Morgan fingerprint density at radius 1 is 0.933 bits per heavy atom. The lowest BCUT2D eigenvalue weighted by Gasteiger charge is -2.13. The van der Waals surface area contributed by atoms with E-state index in [1.54, 1.807) is 6.26 Å². The minimum Gasteiger partial charge on any atom is -0.481 e. The largest absolute Gasteiger partial charge is 0.481 e. The summed E-state index contributed by atoms with van der Waals surface area (Å²) in [5.41, 5.74) is 14.4. The second-order valence-corrected chi connectivity index (χ2v) is 7.62. The molecule has 0 bridgehead atoms. The van der Waals surface area contributed by atoms with Crippen LogP contribution in [-0.4, -0.2) is 11.1 Å². The van der Waals surface area contributed by atoms with E-state index in [0.29, 0.717) is 6.54 Å². The highest BCUT2D eigenvalue weighted by Crippen LogP contribution is 2.34. The molecule has 0 amide bonds. The van der Waals surface area contributed by atoms with E-state index in [2.05, 4.69) is 31.2 Å². The van der Waals surface area contributed by atoms with Crippen molar-refractivity contribution in [1.82, 2.24) is 0 Å². The van der Waals surface area contributed by atoms with Crippen LogP contribution < -0.4 is 5.73 Å². The molecule has 1 aromatic heterocycles. The Morgan fingerprint density at radius 2 is 1.70 bits per heavy atom. The molecular weight excluding hydrogens is 374 g/mol. The third kappa shape index (κ3) is 4.00. The summed E-state index contributed by atoms with van der Waals surface area (Å²) < 4.78 is 5.82. The van der Waals surface area contributed by atoms with Gasteiger partial charge in [0.15, 0.2) is 0 Å². The van der Waals surface area contributed by atoms with E-state index in [1.165, 1.54) is 11.1 Å². The maximum atomic E-state index is 11.2. The Hall–Kier alpha value is -3.37. The smallest absolute Gasteiger partial charge is 0.307 e. The van der Waals surface area contributed by atoms with Crippen LogP contribution in [0.5, 0.6) is 0 Å². The normalized spacial score (nSPS) is 11.1. The number of benzene rings is 3. The van der Waals surface area contributed by atoms with Crippen LogP contribution in [0.3, 0.4) is 0 Å². The van der Waals surface area contributed by atoms with Gasteiger partial charge in [-0.25, -0.2) is 0 Å². The van der Waals surface area contributed by atoms with Gasteiger partial charge in [-0.15, -0.1) is 0 Å². The first-order valence-corrected chi connectivity index (χ1v) is 10.1. The highest BCUT2D eigenvalue weighted by molar-refractivity contribution is 5.94. The third-order valence-corrected chi connectivity index (χ3v) is 5.71. The molecule has 30 heavy (non-hydrogen) atoms. The molecular formula is C26H25NO3. The van der Waals surface area contributed by atoms with Gasteiger partial charge in [0, 0.05) is 17.5 Å². The molecule has 4 aromatic rings. The fourth-order valence-electron chi connectivity index (χ4n) is 4.10. The highest BCUT2D eigenvalue weighted by atomic mass is 16.4. The van der Waals surface area contributed by atoms with E-state index in [4.69, 9.17) is 10.2 Å². The summed E-state index contributed by atoms with van der Waals surface area (Å²) >= 11 is 0. The summed E-state index contributed by atoms with van der Waals surface area (Å²) in [6.07, 6.45) is 3.38. The van der Waals surface area contributed by atoms with Crippen molar-refractivity contribution in [3.8, 4) is 11.1 Å². The summed E-state index contributed by atoms with van der Waals surface area (Å²) in [5, 5.41) is 10.3. The minimum absolute atomic E-state index is 0.0489. The van der Waals surface area contributed by atoms with Crippen molar-refractivity contribution < 1.29 is 14.3 Å². The zero-order chi connectivity index (χ0) is 21.1. The number of rotatable bonds is 7. The van der Waals surface area contributed by atoms with E-state index in [0.717, 1.165) is 51.6 Å². The van der Waals surface area contributed by atoms with Gasteiger partial charge in [0.25, 0.3) is 0 Å². The summed E-state index contributed by atoms with van der Waals surface area (Å²) in [5.74, 6) is -0.806. The number of carboxylic acids is 1. The second kappa shape index (κ2) is 8.56. The summed E-state index contributed by atoms with van der Waals surface area (Å²) in [6, 6.07) is 20.3. The van der Waals surface area contributed by atoms with E-state index >= 15 is 0 Å². The molecule has 3 aromatic carbocycles. The lowest BCUT2D eigenvalue weighted by molar-refractivity contribution is -0.136. The zero-order valence-electron chi connectivity index (χ0n) is 17.0. The molecule has 0 fully saturated rings. The Morgan fingerprint density at radius 3 is 2.47 bits per heavy atom. The van der Waals surface area contributed by atoms with Crippen LogP contribution in [0.1, 0.15) is 27.8 Å². The monoisotopic (exact) mass is 399 g/mol. The van der Waals surface area contributed by atoms with Crippen LogP contribution >= 0.6 is 0 Å². The molecule has 1 heterocycles. The number of nitrogens with two attached hydrogens (primary N) is 1. The maximum Gasteiger partial charge on any atom is 0.307 e. The number of aliphatic carboxylic acids is 1. The molecule has 4 heteroatoms. The maximum absolute atomic E-state index is 11.2. The van der Waals surface area contributed by atoms with Gasteiger partial charge in [-0.05, 0) is 71.3 Å². The molecule has 0 aliphatic carbocycles. The van der Waals surface area contributed by atoms with Gasteiger partial charge in [-0.2, -0.15) is 0 Å². The van der Waals surface area contributed by atoms with Crippen LogP contribution in [-0.2, 0) is 30.6 Å². The van der Waals surface area contributed by atoms with Crippen LogP contribution in [0, 0.1) is 6.92 Å². The van der Waals surface area contributed by atoms with Crippen LogP contribution in [0.4, 0.5) is 0 Å². The van der Waals surface area contributed by atoms with Gasteiger partial charge < -0.3 is 15.3 Å². The minimum atomic E-state index is -0.806. The number of fused-ring (bicyclic) bond motifs is 1. The molecule has 0 unspecified atom stereocenters. The summed E-state index contributed by atoms with van der Waals surface area (Å²) in [6.45, 7) is 2.60. The standard InChI is InChI=1S/C26H25NO3/c1-17-22(16-27)7-4-8-23(17)24-14-18(13-21-11-12-30-26(21)24)9-10-19-5-2-3-6-20(19)15-25(28)29/h2-8,11-14H,9-10,15-16,27H2,1H3,(H,28,29). The lowest BCUT2D eigenvalue weighted by atomic mass is 9.92. The zero-order valence-corrected chi connectivity index (χ0v) is 17.0. The third-order valence-electron chi connectivity index (χ3n) is 5.71. The van der Waals surface area contributed by atoms with E-state index in [1.807, 2.05) is 36.4 Å². The van der Waals surface area contributed by atoms with Gasteiger partial charge in [0.1, 0.15) is 5.58 Å². The van der Waals surface area contributed by atoms with Crippen molar-refractivity contribution in [3.05, 3.63) is 94.7 Å². The molecule has 0 radical (unpaired) electrons. The SMILES string of the molecule is Cc1c(CN)cccc1-c1cc(CCc2ccccc2CC(=O)O)cc2ccoc12. The van der Waals surface area contributed by atoms with Crippen LogP contribution in [0.15, 0.2) is 71.3 Å². The number of carboxylic acid groups (broad SMARTS) is 1. The number of furan rings is 1. The Kier molecular flexibility index (Phi) is 5.68. The first-order valence-electron chi connectivity index (χ1n) is 10.1. The fraction of sp³-hybridized carbons (Fsp3) is 0.192. The Bertz CT molecular complexity index is 1210. The molecule has 3 N–H and O–H groups in total. The first kappa shape index (κ1) is 19.9. The summed E-state index contributed by atoms with van der Waals surface area (Å²) in [7, 11) is 0. The van der Waals surface area contributed by atoms with Crippen LogP contribution in [0.2, 0.25) is 0 Å². The molecule has 0 spiro atoms. The van der Waals surface area contributed by atoms with Gasteiger partial charge in [0.05, 0.1) is 12.7 Å². The fourth-order valence-corrected chi connectivity index (χ4v) is 4.10. The van der Waals surface area contributed by atoms with Crippen molar-refractivity contribution in [2.24, 2.45) is 5.73 Å². The molecule has 0 aliphatic heterocycles. The average Bonchev–Trinajstić information content (AvgIpc) is 3.21. The molecule has 0 aliphatic rings. The quantitative estimate of drug-likeness (QED) is 0.443. The Balaban J connectivity index is 1.70. The van der Waals surface area contributed by atoms with Crippen molar-refractivity contribution >= 4 is 16.9 Å². The average molecular weight is 399 g/mol. The number of hydrogen-bond acceptors (Lipinski definition) is 3. The predicted molar refractivity (Wildman–Crippen MR) is 119 cm³/mol. The predicted octanol–water partition coefficient (Wildman–Crippen LogP) is 5.28. The topological polar surface area (TPSA) is 76.5 Å². The van der Waals surface area contributed by atoms with Crippen molar-refractivity contribution in [2.45, 2.75) is 32.7 Å². The number of hydrogen-bond donors (Lipinski definition) is 2. The van der Waals surface area contributed by atoms with E-state index in [9.17, 15) is 9.90 Å². The second-order valence-electron chi connectivity index (χ2n) is 7.62. The van der Waals surface area contributed by atoms with Crippen molar-refractivity contribution in [3.63, 3.8) is 0 Å². The molecule has 152 valence electrons. The van der Waals surface area contributed by atoms with E-state index in [-0.39, 0.29) is 6.42 Å². The number of carbonyl (C=O) groups is 1. The lowest BCUT2D eigenvalue weighted by Crippen LogP contribution is -2.04. The molecule has 0 saturated heterocycles. The van der Waals surface area contributed by atoms with Crippen molar-refractivity contribution in [1.29, 1.82) is 0 Å².